The number of halogens is 1. The Kier molecular flexibility index (Phi) is 8.83. The third kappa shape index (κ3) is 7.52. The summed E-state index contributed by atoms with van der Waals surface area (Å²) in [6.45, 7) is 3.70. The lowest BCUT2D eigenvalue weighted by atomic mass is 10.1. The number of benzene rings is 3. The first-order valence-electron chi connectivity index (χ1n) is 10.9. The van der Waals surface area contributed by atoms with Crippen LogP contribution in [0.3, 0.4) is 0 Å². The van der Waals surface area contributed by atoms with E-state index in [2.05, 4.69) is 33.4 Å². The van der Waals surface area contributed by atoms with E-state index in [0.717, 1.165) is 28.4 Å². The van der Waals surface area contributed by atoms with Crippen LogP contribution in [0.15, 0.2) is 88.2 Å². The predicted molar refractivity (Wildman–Crippen MR) is 135 cm³/mol. The second-order valence-electron chi connectivity index (χ2n) is 8.21. The number of carbonyl (C=O) groups excluding carboxylic acids is 1. The van der Waals surface area contributed by atoms with Crippen LogP contribution in [0.5, 0.6) is 0 Å². The first-order chi connectivity index (χ1) is 15.7. The van der Waals surface area contributed by atoms with Crippen molar-refractivity contribution in [2.75, 3.05) is 6.54 Å². The summed E-state index contributed by atoms with van der Waals surface area (Å²) >= 11 is 3.40. The van der Waals surface area contributed by atoms with E-state index in [1.807, 2.05) is 56.3 Å². The lowest BCUT2D eigenvalue weighted by Gasteiger charge is -2.23. The normalized spacial score (nSPS) is 12.5. The van der Waals surface area contributed by atoms with Crippen LogP contribution in [0, 0.1) is 6.92 Å². The summed E-state index contributed by atoms with van der Waals surface area (Å²) in [4.78, 5) is 13.0. The van der Waals surface area contributed by atoms with Gasteiger partial charge < -0.3 is 5.32 Å². The van der Waals surface area contributed by atoms with Gasteiger partial charge in [0, 0.05) is 17.1 Å². The summed E-state index contributed by atoms with van der Waals surface area (Å²) in [5.41, 5.74) is 2.98. The molecule has 1 N–H and O–H groups in total. The molecular weight excluding hydrogens is 500 g/mol. The fourth-order valence-corrected chi connectivity index (χ4v) is 5.11. The molecule has 3 aromatic rings. The van der Waals surface area contributed by atoms with Gasteiger partial charge in [-0.05, 0) is 62.1 Å². The van der Waals surface area contributed by atoms with Gasteiger partial charge in [-0.2, -0.15) is 4.31 Å². The van der Waals surface area contributed by atoms with Gasteiger partial charge in [0.05, 0.1) is 11.4 Å². The molecule has 1 atom stereocenters. The number of hydrogen-bond donors (Lipinski definition) is 1. The smallest absolute Gasteiger partial charge is 0.243 e. The van der Waals surface area contributed by atoms with Gasteiger partial charge in [-0.15, -0.1) is 0 Å². The van der Waals surface area contributed by atoms with E-state index in [4.69, 9.17) is 0 Å². The van der Waals surface area contributed by atoms with Crippen molar-refractivity contribution < 1.29 is 13.2 Å². The summed E-state index contributed by atoms with van der Waals surface area (Å²) in [7, 11) is -3.85. The van der Waals surface area contributed by atoms with Gasteiger partial charge in [0.1, 0.15) is 0 Å². The average Bonchev–Trinajstić information content (AvgIpc) is 2.79. The van der Waals surface area contributed by atoms with Gasteiger partial charge in [0.25, 0.3) is 0 Å². The highest BCUT2D eigenvalue weighted by atomic mass is 79.9. The Morgan fingerprint density at radius 3 is 2.21 bits per heavy atom. The molecule has 0 aliphatic heterocycles. The Labute approximate surface area is 205 Å². The van der Waals surface area contributed by atoms with E-state index >= 15 is 0 Å². The minimum absolute atomic E-state index is 0.0747. The Balaban J connectivity index is 1.72. The van der Waals surface area contributed by atoms with Gasteiger partial charge in [0.2, 0.25) is 15.9 Å². The first-order valence-corrected chi connectivity index (χ1v) is 13.1. The molecule has 0 fully saturated rings. The third-order valence-corrected chi connectivity index (χ3v) is 7.70. The number of nitrogens with one attached hydrogen (secondary N) is 1. The van der Waals surface area contributed by atoms with Gasteiger partial charge in [-0.25, -0.2) is 8.42 Å². The van der Waals surface area contributed by atoms with Crippen molar-refractivity contribution >= 4 is 31.9 Å². The second-order valence-corrected chi connectivity index (χ2v) is 11.1. The molecule has 0 aliphatic rings. The largest absolute Gasteiger partial charge is 0.352 e. The van der Waals surface area contributed by atoms with E-state index < -0.39 is 10.0 Å². The highest BCUT2D eigenvalue weighted by Gasteiger charge is 2.27. The van der Waals surface area contributed by atoms with Crippen LogP contribution >= 0.6 is 15.9 Å². The number of rotatable bonds is 10. The van der Waals surface area contributed by atoms with E-state index in [-0.39, 0.29) is 29.9 Å². The van der Waals surface area contributed by atoms with Crippen LogP contribution in [0.4, 0.5) is 0 Å². The van der Waals surface area contributed by atoms with Crippen LogP contribution in [0.2, 0.25) is 0 Å². The number of amides is 1. The summed E-state index contributed by atoms with van der Waals surface area (Å²) in [6.07, 6.45) is 1.61. The maximum atomic E-state index is 13.4. The second kappa shape index (κ2) is 11.6. The first kappa shape index (κ1) is 25.1. The quantitative estimate of drug-likeness (QED) is 0.398. The van der Waals surface area contributed by atoms with Crippen LogP contribution < -0.4 is 5.32 Å². The van der Waals surface area contributed by atoms with Crippen molar-refractivity contribution in [1.29, 1.82) is 0 Å². The summed E-state index contributed by atoms with van der Waals surface area (Å²) < 4.78 is 28.9. The highest BCUT2D eigenvalue weighted by Crippen LogP contribution is 2.20. The minimum Gasteiger partial charge on any atom is -0.352 e. The number of aryl methyl sites for hydroxylation is 2. The molecule has 3 rings (SSSR count). The topological polar surface area (TPSA) is 66.5 Å². The standard InChI is InChI=1S/C26H29BrN2O3S/c1-20-8-16-25(17-9-20)33(31,32)29(18-23-12-14-24(27)15-13-23)19-26(30)28-21(2)10-11-22-6-4-3-5-7-22/h3-9,12-17,21H,10-11,18-19H2,1-2H3,(H,28,30)/t21-/m1/s1. The van der Waals surface area contributed by atoms with Crippen LogP contribution in [0.25, 0.3) is 0 Å². The van der Waals surface area contributed by atoms with E-state index in [1.54, 1.807) is 24.3 Å². The average molecular weight is 530 g/mol. The number of carbonyl (C=O) groups is 1. The molecule has 3 aromatic carbocycles. The lowest BCUT2D eigenvalue weighted by Crippen LogP contribution is -2.43. The Hall–Kier alpha value is -2.48. The lowest BCUT2D eigenvalue weighted by molar-refractivity contribution is -0.122. The molecule has 0 bridgehead atoms. The molecule has 0 radical (unpaired) electrons. The molecule has 33 heavy (non-hydrogen) atoms. The number of sulfonamides is 1. The molecule has 174 valence electrons. The van der Waals surface area contributed by atoms with Crippen LogP contribution in [-0.4, -0.2) is 31.2 Å². The van der Waals surface area contributed by atoms with E-state index in [1.165, 1.54) is 9.87 Å². The highest BCUT2D eigenvalue weighted by molar-refractivity contribution is 9.10. The van der Waals surface area contributed by atoms with Crippen molar-refractivity contribution in [2.45, 2.75) is 44.2 Å². The fraction of sp³-hybridized carbons (Fsp3) is 0.269. The van der Waals surface area contributed by atoms with Gasteiger partial charge in [-0.3, -0.25) is 4.79 Å². The molecule has 0 saturated heterocycles. The van der Waals surface area contributed by atoms with Crippen molar-refractivity contribution in [3.8, 4) is 0 Å². The molecule has 7 heteroatoms. The molecule has 0 aromatic heterocycles. The van der Waals surface area contributed by atoms with Gasteiger partial charge >= 0.3 is 0 Å². The van der Waals surface area contributed by atoms with Crippen molar-refractivity contribution in [3.05, 3.63) is 100 Å². The monoisotopic (exact) mass is 528 g/mol. The maximum absolute atomic E-state index is 13.4. The zero-order valence-corrected chi connectivity index (χ0v) is 21.3. The summed E-state index contributed by atoms with van der Waals surface area (Å²) in [5.74, 6) is -0.316. The number of hydrogen-bond acceptors (Lipinski definition) is 3. The van der Waals surface area contributed by atoms with Gasteiger partial charge in [-0.1, -0.05) is 76.1 Å². The van der Waals surface area contributed by atoms with Gasteiger partial charge in [0.15, 0.2) is 0 Å². The fourth-order valence-electron chi connectivity index (χ4n) is 3.46. The van der Waals surface area contributed by atoms with E-state index in [9.17, 15) is 13.2 Å². The molecule has 1 amide bonds. The zero-order chi connectivity index (χ0) is 23.8. The predicted octanol–water partition coefficient (Wildman–Crippen LogP) is 5.09. The molecule has 0 heterocycles. The molecular formula is C26H29BrN2O3S. The number of nitrogens with zero attached hydrogens (tertiary/aromatic N) is 1. The summed E-state index contributed by atoms with van der Waals surface area (Å²) in [5, 5.41) is 2.96. The zero-order valence-electron chi connectivity index (χ0n) is 18.9. The molecule has 0 unspecified atom stereocenters. The van der Waals surface area contributed by atoms with Crippen molar-refractivity contribution in [3.63, 3.8) is 0 Å². The maximum Gasteiger partial charge on any atom is 0.243 e. The molecule has 0 aliphatic carbocycles. The Morgan fingerprint density at radius 2 is 1.58 bits per heavy atom. The van der Waals surface area contributed by atoms with Crippen molar-refractivity contribution in [2.24, 2.45) is 0 Å². The Bertz CT molecular complexity index is 1150. The minimum atomic E-state index is -3.85. The summed E-state index contributed by atoms with van der Waals surface area (Å²) in [6, 6.07) is 24.1. The van der Waals surface area contributed by atoms with Crippen LogP contribution in [0.1, 0.15) is 30.0 Å². The Morgan fingerprint density at radius 1 is 0.939 bits per heavy atom. The third-order valence-electron chi connectivity index (χ3n) is 5.37. The molecule has 5 nitrogen and oxygen atoms in total. The SMILES string of the molecule is Cc1ccc(S(=O)(=O)N(CC(=O)N[C@H](C)CCc2ccccc2)Cc2ccc(Br)cc2)cc1. The van der Waals surface area contributed by atoms with Crippen molar-refractivity contribution in [1.82, 2.24) is 9.62 Å². The molecule has 0 spiro atoms. The molecule has 0 saturated carbocycles. The van der Waals surface area contributed by atoms with Crippen LogP contribution in [-0.2, 0) is 27.8 Å². The van der Waals surface area contributed by atoms with E-state index in [0.29, 0.717) is 0 Å².